The van der Waals surface area contributed by atoms with Crippen LogP contribution in [0.4, 0.5) is 17.2 Å². The third-order valence-corrected chi connectivity index (χ3v) is 12.0. The van der Waals surface area contributed by atoms with Gasteiger partial charge in [0.1, 0.15) is 45.3 Å². The van der Waals surface area contributed by atoms with E-state index in [4.69, 9.17) is 53.3 Å². The first-order chi connectivity index (χ1) is 33.2. The molecule has 0 amide bonds. The van der Waals surface area contributed by atoms with Crippen molar-refractivity contribution in [2.24, 2.45) is 30.9 Å². The lowest BCUT2D eigenvalue weighted by Crippen LogP contribution is -2.31. The highest BCUT2D eigenvalue weighted by Crippen LogP contribution is 2.35. The van der Waals surface area contributed by atoms with Crippen LogP contribution in [0.15, 0.2) is 103 Å². The van der Waals surface area contributed by atoms with Crippen molar-refractivity contribution in [3.05, 3.63) is 103 Å². The molecule has 18 nitrogen and oxygen atoms in total. The van der Waals surface area contributed by atoms with Gasteiger partial charge in [0, 0.05) is 118 Å². The Morgan fingerprint density at radius 2 is 1.22 bits per heavy atom. The summed E-state index contributed by atoms with van der Waals surface area (Å²) in [5.41, 5.74) is 8.70. The Labute approximate surface area is 394 Å². The second-order valence-electron chi connectivity index (χ2n) is 16.9. The number of benzene rings is 2. The number of hydrogen-bond acceptors (Lipinski definition) is 15. The van der Waals surface area contributed by atoms with E-state index in [1.54, 1.807) is 62.6 Å². The Morgan fingerprint density at radius 1 is 0.647 bits per heavy atom. The molecule has 0 N–H and O–H groups in total. The summed E-state index contributed by atoms with van der Waals surface area (Å²) in [6.07, 6.45) is 15.3. The van der Waals surface area contributed by atoms with Crippen LogP contribution in [0, 0.1) is 11.8 Å². The number of rotatable bonds is 13. The lowest BCUT2D eigenvalue weighted by Gasteiger charge is -2.31. The van der Waals surface area contributed by atoms with Gasteiger partial charge in [0.2, 0.25) is 0 Å². The summed E-state index contributed by atoms with van der Waals surface area (Å²) in [6, 6.07) is 19.3. The maximum atomic E-state index is 5.76. The Balaban J connectivity index is 0.000000170. The largest absolute Gasteiger partial charge is 0.497 e. The van der Waals surface area contributed by atoms with E-state index < -0.39 is 0 Å². The van der Waals surface area contributed by atoms with E-state index in [1.807, 2.05) is 87.2 Å². The summed E-state index contributed by atoms with van der Waals surface area (Å²) in [5, 5.41) is 8.52. The Morgan fingerprint density at radius 3 is 1.79 bits per heavy atom. The van der Waals surface area contributed by atoms with E-state index in [0.29, 0.717) is 29.0 Å². The number of methoxy groups -OCH3 is 4. The lowest BCUT2D eigenvalue weighted by atomic mass is 10.0. The quantitative estimate of drug-likeness (QED) is 0.111. The normalized spacial score (nSPS) is 16.3. The maximum absolute atomic E-state index is 5.76. The first-order valence-electron chi connectivity index (χ1n) is 22.7. The van der Waals surface area contributed by atoms with Crippen molar-refractivity contribution in [3.63, 3.8) is 0 Å². The average molecular weight is 921 g/mol. The minimum absolute atomic E-state index is 0.377. The molecule has 0 radical (unpaired) electrons. The topological polar surface area (TPSA) is 176 Å². The first kappa shape index (κ1) is 45.7. The summed E-state index contributed by atoms with van der Waals surface area (Å²) in [4.78, 5) is 31.1. The molecule has 8 aromatic rings. The van der Waals surface area contributed by atoms with E-state index in [2.05, 4.69) is 24.6 Å². The van der Waals surface area contributed by atoms with Crippen molar-refractivity contribution < 1.29 is 28.4 Å². The zero-order valence-electron chi connectivity index (χ0n) is 39.3. The standard InChI is InChI=1S/2C25H28N6O3/c1-30-15-18(12-27-30)23-13-26-22-6-7-24(29-25(22)28-23)31(14-17-5-4-8-34-16-17)19-9-20(32-2)11-21(10-19)33-3;1-30-15-18(12-27-30)23-13-26-22-6-7-24(28-19-9-20(32-2)11-21(10-19)33-3)31(25(22)29-23)14-17-5-4-8-34-16-17/h2*6-7,9-13,15,17H,4-5,8,14,16H2,1-3H3. The fraction of sp³-hybridized carbons (Fsp3) is 0.360. The van der Waals surface area contributed by atoms with Gasteiger partial charge in [-0.1, -0.05) is 0 Å². The van der Waals surface area contributed by atoms with E-state index in [9.17, 15) is 0 Å². The molecule has 10 rings (SSSR count). The van der Waals surface area contributed by atoms with Gasteiger partial charge in [-0.3, -0.25) is 19.3 Å². The molecule has 2 aromatic carbocycles. The molecule has 0 bridgehead atoms. The molecule has 6 aromatic heterocycles. The summed E-state index contributed by atoms with van der Waals surface area (Å²) < 4.78 is 39.1. The number of ether oxygens (including phenoxy) is 6. The van der Waals surface area contributed by atoms with Gasteiger partial charge < -0.3 is 37.9 Å². The van der Waals surface area contributed by atoms with Crippen LogP contribution >= 0.6 is 0 Å². The van der Waals surface area contributed by atoms with E-state index in [0.717, 1.165) is 139 Å². The predicted molar refractivity (Wildman–Crippen MR) is 258 cm³/mol. The van der Waals surface area contributed by atoms with E-state index in [-0.39, 0.29) is 0 Å². The smallest absolute Gasteiger partial charge is 0.180 e. The summed E-state index contributed by atoms with van der Waals surface area (Å²) in [7, 11) is 10.3. The number of aromatic nitrogens is 10. The van der Waals surface area contributed by atoms with E-state index in [1.165, 1.54) is 0 Å². The molecule has 2 unspecified atom stereocenters. The van der Waals surface area contributed by atoms with Gasteiger partial charge in [0.15, 0.2) is 11.3 Å². The molecule has 0 spiro atoms. The Kier molecular flexibility index (Phi) is 14.1. The van der Waals surface area contributed by atoms with Crippen LogP contribution in [0.5, 0.6) is 23.0 Å². The highest BCUT2D eigenvalue weighted by molar-refractivity contribution is 5.77. The van der Waals surface area contributed by atoms with Gasteiger partial charge in [0.05, 0.1) is 83.5 Å². The predicted octanol–water partition coefficient (Wildman–Crippen LogP) is 7.52. The molecule has 2 aliphatic rings. The molecule has 2 atom stereocenters. The zero-order chi connectivity index (χ0) is 47.0. The van der Waals surface area contributed by atoms with Crippen LogP contribution in [-0.2, 0) is 30.1 Å². The number of anilines is 2. The number of pyridine rings is 2. The van der Waals surface area contributed by atoms with Crippen molar-refractivity contribution in [2.45, 2.75) is 32.2 Å². The molecule has 352 valence electrons. The van der Waals surface area contributed by atoms with Crippen molar-refractivity contribution in [1.29, 1.82) is 0 Å². The van der Waals surface area contributed by atoms with Gasteiger partial charge in [0.25, 0.3) is 0 Å². The van der Waals surface area contributed by atoms with Crippen LogP contribution in [-0.4, -0.2) is 110 Å². The highest BCUT2D eigenvalue weighted by Gasteiger charge is 2.23. The number of nitrogens with zero attached hydrogens (tertiary/aromatic N) is 12. The molecule has 0 saturated carbocycles. The van der Waals surface area contributed by atoms with Crippen LogP contribution in [0.25, 0.3) is 44.8 Å². The van der Waals surface area contributed by atoms with Crippen molar-refractivity contribution in [3.8, 4) is 45.5 Å². The van der Waals surface area contributed by atoms with Gasteiger partial charge in [-0.05, 0) is 49.9 Å². The summed E-state index contributed by atoms with van der Waals surface area (Å²) in [6.45, 7) is 4.60. The van der Waals surface area contributed by atoms with Crippen LogP contribution in [0.2, 0.25) is 0 Å². The lowest BCUT2D eigenvalue weighted by molar-refractivity contribution is 0.0483. The summed E-state index contributed by atoms with van der Waals surface area (Å²) >= 11 is 0. The molecule has 2 aliphatic heterocycles. The van der Waals surface area contributed by atoms with Gasteiger partial charge in [-0.2, -0.15) is 10.2 Å². The van der Waals surface area contributed by atoms with E-state index >= 15 is 0 Å². The molecular weight excluding hydrogens is 865 g/mol. The van der Waals surface area contributed by atoms with Gasteiger partial charge in [-0.15, -0.1) is 0 Å². The fourth-order valence-corrected chi connectivity index (χ4v) is 8.45. The molecule has 18 heteroatoms. The summed E-state index contributed by atoms with van der Waals surface area (Å²) in [5.74, 6) is 4.36. The second-order valence-corrected chi connectivity index (χ2v) is 16.9. The average Bonchev–Trinajstić information content (AvgIpc) is 4.04. The number of hydrogen-bond donors (Lipinski definition) is 0. The molecule has 8 heterocycles. The molecule has 2 fully saturated rings. The minimum Gasteiger partial charge on any atom is -0.497 e. The molecule has 0 aliphatic carbocycles. The fourth-order valence-electron chi connectivity index (χ4n) is 8.45. The SMILES string of the molecule is COc1cc(N=c2ccc3ncc(-c4cnn(C)c4)nc3n2CC2CCCOC2)cc(OC)c1.COc1cc(OC)cc(N(CC2CCCOC2)c2ccc3ncc(-c4cnn(C)c4)nc3n2)c1. The highest BCUT2D eigenvalue weighted by atomic mass is 16.5. The molecule has 2 saturated heterocycles. The van der Waals surface area contributed by atoms with Crippen LogP contribution in [0.3, 0.4) is 0 Å². The Bertz CT molecular complexity index is 3020. The third-order valence-electron chi connectivity index (χ3n) is 12.0. The first-order valence-corrected chi connectivity index (χ1v) is 22.7. The number of aryl methyl sites for hydroxylation is 2. The minimum atomic E-state index is 0.377. The number of fused-ring (bicyclic) bond motifs is 2. The monoisotopic (exact) mass is 920 g/mol. The second kappa shape index (κ2) is 21.0. The van der Waals surface area contributed by atoms with Crippen molar-refractivity contribution >= 4 is 39.5 Å². The van der Waals surface area contributed by atoms with Gasteiger partial charge in [-0.25, -0.2) is 19.9 Å². The van der Waals surface area contributed by atoms with Crippen LogP contribution < -0.4 is 29.3 Å². The van der Waals surface area contributed by atoms with Crippen molar-refractivity contribution in [2.75, 3.05) is 66.3 Å². The third kappa shape index (κ3) is 10.7. The maximum Gasteiger partial charge on any atom is 0.180 e. The van der Waals surface area contributed by atoms with Crippen molar-refractivity contribution in [1.82, 2.24) is 49.0 Å². The Hall–Kier alpha value is -7.44. The molecule has 68 heavy (non-hydrogen) atoms. The van der Waals surface area contributed by atoms with Gasteiger partial charge >= 0.3 is 0 Å². The molecular formula is C50H56N12O6. The zero-order valence-corrected chi connectivity index (χ0v) is 39.3. The van der Waals surface area contributed by atoms with Crippen LogP contribution in [0.1, 0.15) is 25.7 Å².